The number of hydrogen-bond acceptors (Lipinski definition) is 2. The molecule has 0 atom stereocenters. The SMILES string of the molecule is Cn1ccnc1C#Cc1ccc(C2CCC(C(=O)O)CC2)c(F)c1. The molecule has 3 rings (SSSR count). The van der Waals surface area contributed by atoms with E-state index in [0.29, 0.717) is 42.6 Å². The lowest BCUT2D eigenvalue weighted by Crippen LogP contribution is -2.21. The third-order valence-electron chi connectivity index (χ3n) is 4.66. The van der Waals surface area contributed by atoms with E-state index in [0.717, 1.165) is 0 Å². The highest BCUT2D eigenvalue weighted by Gasteiger charge is 2.27. The van der Waals surface area contributed by atoms with E-state index in [2.05, 4.69) is 16.8 Å². The molecular formula is C19H19FN2O2. The number of carboxylic acids is 1. The zero-order valence-electron chi connectivity index (χ0n) is 13.5. The van der Waals surface area contributed by atoms with Crippen molar-refractivity contribution >= 4 is 5.97 Å². The highest BCUT2D eigenvalue weighted by atomic mass is 19.1. The Balaban J connectivity index is 1.73. The van der Waals surface area contributed by atoms with E-state index < -0.39 is 5.97 Å². The topological polar surface area (TPSA) is 55.1 Å². The summed E-state index contributed by atoms with van der Waals surface area (Å²) in [5.41, 5.74) is 1.28. The second kappa shape index (κ2) is 6.88. The van der Waals surface area contributed by atoms with Gasteiger partial charge in [0.05, 0.1) is 5.92 Å². The Labute approximate surface area is 140 Å². The number of benzene rings is 1. The molecule has 0 unspecified atom stereocenters. The second-order valence-electron chi connectivity index (χ2n) is 6.23. The van der Waals surface area contributed by atoms with Crippen molar-refractivity contribution in [2.75, 3.05) is 0 Å². The summed E-state index contributed by atoms with van der Waals surface area (Å²) in [4.78, 5) is 15.1. The van der Waals surface area contributed by atoms with Crippen LogP contribution in [0.5, 0.6) is 0 Å². The van der Waals surface area contributed by atoms with Gasteiger partial charge in [0.25, 0.3) is 0 Å². The minimum absolute atomic E-state index is 0.0946. The van der Waals surface area contributed by atoms with Crippen molar-refractivity contribution in [3.63, 3.8) is 0 Å². The Kier molecular flexibility index (Phi) is 4.66. The summed E-state index contributed by atoms with van der Waals surface area (Å²) >= 11 is 0. The number of nitrogens with zero attached hydrogens (tertiary/aromatic N) is 2. The Morgan fingerprint density at radius 1 is 1.29 bits per heavy atom. The molecule has 124 valence electrons. The minimum Gasteiger partial charge on any atom is -0.481 e. The van der Waals surface area contributed by atoms with Crippen LogP contribution in [0.3, 0.4) is 0 Å². The Hall–Kier alpha value is -2.61. The fourth-order valence-electron chi connectivity index (χ4n) is 3.20. The number of halogens is 1. The lowest BCUT2D eigenvalue weighted by atomic mass is 9.78. The van der Waals surface area contributed by atoms with E-state index in [1.807, 2.05) is 13.1 Å². The molecule has 0 radical (unpaired) electrons. The average Bonchev–Trinajstić information content (AvgIpc) is 2.98. The largest absolute Gasteiger partial charge is 0.481 e. The molecule has 24 heavy (non-hydrogen) atoms. The third kappa shape index (κ3) is 3.48. The van der Waals surface area contributed by atoms with E-state index in [4.69, 9.17) is 5.11 Å². The normalized spacial score (nSPS) is 20.2. The average molecular weight is 326 g/mol. The molecule has 2 aromatic rings. The fraction of sp³-hybridized carbons (Fsp3) is 0.368. The van der Waals surface area contributed by atoms with Gasteiger partial charge in [-0.05, 0) is 55.2 Å². The molecule has 1 aliphatic carbocycles. The summed E-state index contributed by atoms with van der Waals surface area (Å²) in [5, 5.41) is 9.05. The lowest BCUT2D eigenvalue weighted by Gasteiger charge is -2.26. The van der Waals surface area contributed by atoms with E-state index in [1.165, 1.54) is 6.07 Å². The van der Waals surface area contributed by atoms with Gasteiger partial charge in [0, 0.05) is 25.0 Å². The molecule has 1 aromatic heterocycles. The Morgan fingerprint density at radius 3 is 2.62 bits per heavy atom. The predicted octanol–water partition coefficient (Wildman–Crippen LogP) is 3.32. The van der Waals surface area contributed by atoms with Gasteiger partial charge >= 0.3 is 5.97 Å². The molecule has 0 spiro atoms. The van der Waals surface area contributed by atoms with Crippen LogP contribution in [0, 0.1) is 23.6 Å². The van der Waals surface area contributed by atoms with Gasteiger partial charge in [-0.15, -0.1) is 0 Å². The molecule has 5 heteroatoms. The van der Waals surface area contributed by atoms with Crippen molar-refractivity contribution in [1.82, 2.24) is 9.55 Å². The van der Waals surface area contributed by atoms with Crippen molar-refractivity contribution in [2.45, 2.75) is 31.6 Å². The van der Waals surface area contributed by atoms with Crippen molar-refractivity contribution < 1.29 is 14.3 Å². The first-order valence-electron chi connectivity index (χ1n) is 8.06. The van der Waals surface area contributed by atoms with Gasteiger partial charge in [-0.25, -0.2) is 9.37 Å². The molecule has 1 fully saturated rings. The van der Waals surface area contributed by atoms with E-state index >= 15 is 0 Å². The number of aliphatic carboxylic acids is 1. The van der Waals surface area contributed by atoms with Crippen molar-refractivity contribution in [3.05, 3.63) is 53.4 Å². The second-order valence-corrected chi connectivity index (χ2v) is 6.23. The quantitative estimate of drug-likeness (QED) is 0.861. The van der Waals surface area contributed by atoms with Gasteiger partial charge < -0.3 is 9.67 Å². The van der Waals surface area contributed by atoms with Crippen molar-refractivity contribution in [3.8, 4) is 11.8 Å². The Bertz CT molecular complexity index is 808. The standard InChI is InChI=1S/C19H19FN2O2/c1-22-11-10-21-18(22)9-3-13-2-8-16(17(20)12-13)14-4-6-15(7-5-14)19(23)24/h2,8,10-12,14-15H,4-7H2,1H3,(H,23,24). The summed E-state index contributed by atoms with van der Waals surface area (Å²) in [6, 6.07) is 5.05. The maximum Gasteiger partial charge on any atom is 0.306 e. The smallest absolute Gasteiger partial charge is 0.306 e. The zero-order chi connectivity index (χ0) is 17.1. The van der Waals surface area contributed by atoms with Crippen LogP contribution >= 0.6 is 0 Å². The molecule has 0 aliphatic heterocycles. The molecule has 1 N–H and O–H groups in total. The minimum atomic E-state index is -0.742. The van der Waals surface area contributed by atoms with Crippen LogP contribution in [0.1, 0.15) is 48.6 Å². The molecule has 1 aromatic carbocycles. The molecule has 0 bridgehead atoms. The number of aromatic nitrogens is 2. The van der Waals surface area contributed by atoms with Crippen molar-refractivity contribution in [1.29, 1.82) is 0 Å². The first-order valence-corrected chi connectivity index (χ1v) is 8.06. The molecule has 0 amide bonds. The van der Waals surface area contributed by atoms with Crippen LogP contribution in [0.15, 0.2) is 30.6 Å². The fourth-order valence-corrected chi connectivity index (χ4v) is 3.20. The number of aryl methyl sites for hydroxylation is 1. The van der Waals surface area contributed by atoms with Gasteiger partial charge in [0.1, 0.15) is 5.82 Å². The molecular weight excluding hydrogens is 307 g/mol. The highest BCUT2D eigenvalue weighted by Crippen LogP contribution is 2.37. The van der Waals surface area contributed by atoms with Gasteiger partial charge in [-0.1, -0.05) is 12.0 Å². The van der Waals surface area contributed by atoms with Gasteiger partial charge in [0.2, 0.25) is 0 Å². The number of hydrogen-bond donors (Lipinski definition) is 1. The summed E-state index contributed by atoms with van der Waals surface area (Å²) < 4.78 is 16.2. The predicted molar refractivity (Wildman–Crippen MR) is 87.9 cm³/mol. The summed E-state index contributed by atoms with van der Waals surface area (Å²) in [6.07, 6.45) is 6.13. The Morgan fingerprint density at radius 2 is 2.04 bits per heavy atom. The number of carboxylic acid groups (broad SMARTS) is 1. The number of carbonyl (C=O) groups is 1. The van der Waals surface area contributed by atoms with Crippen LogP contribution in [0.4, 0.5) is 4.39 Å². The molecule has 1 heterocycles. The lowest BCUT2D eigenvalue weighted by molar-refractivity contribution is -0.142. The third-order valence-corrected chi connectivity index (χ3v) is 4.66. The van der Waals surface area contributed by atoms with Crippen LogP contribution in [-0.2, 0) is 11.8 Å². The first kappa shape index (κ1) is 16.3. The first-order chi connectivity index (χ1) is 11.5. The molecule has 0 saturated heterocycles. The van der Waals surface area contributed by atoms with E-state index in [9.17, 15) is 9.18 Å². The molecule has 1 aliphatic rings. The van der Waals surface area contributed by atoms with Crippen LogP contribution in [0.2, 0.25) is 0 Å². The van der Waals surface area contributed by atoms with E-state index in [1.54, 1.807) is 23.0 Å². The van der Waals surface area contributed by atoms with E-state index in [-0.39, 0.29) is 17.7 Å². The van der Waals surface area contributed by atoms with Gasteiger partial charge in [-0.2, -0.15) is 0 Å². The zero-order valence-corrected chi connectivity index (χ0v) is 13.5. The van der Waals surface area contributed by atoms with Crippen LogP contribution in [-0.4, -0.2) is 20.6 Å². The summed E-state index contributed by atoms with van der Waals surface area (Å²) in [5.74, 6) is 5.29. The molecule has 1 saturated carbocycles. The maximum atomic E-state index is 14.4. The van der Waals surface area contributed by atoms with Gasteiger partial charge in [0.15, 0.2) is 5.82 Å². The summed E-state index contributed by atoms with van der Waals surface area (Å²) in [7, 11) is 1.86. The summed E-state index contributed by atoms with van der Waals surface area (Å²) in [6.45, 7) is 0. The van der Waals surface area contributed by atoms with Crippen molar-refractivity contribution in [2.24, 2.45) is 13.0 Å². The number of rotatable bonds is 2. The number of imidazole rings is 1. The van der Waals surface area contributed by atoms with Crippen LogP contribution < -0.4 is 0 Å². The molecule has 4 nitrogen and oxygen atoms in total. The maximum absolute atomic E-state index is 14.4. The highest BCUT2D eigenvalue weighted by molar-refractivity contribution is 5.70. The van der Waals surface area contributed by atoms with Crippen LogP contribution in [0.25, 0.3) is 0 Å². The van der Waals surface area contributed by atoms with Gasteiger partial charge in [-0.3, -0.25) is 4.79 Å². The monoisotopic (exact) mass is 326 g/mol.